The molecule has 7 nitrogen and oxygen atoms in total. The van der Waals surface area contributed by atoms with Gasteiger partial charge in [-0.15, -0.1) is 0 Å². The van der Waals surface area contributed by atoms with E-state index < -0.39 is 17.9 Å². The maximum Gasteiger partial charge on any atom is 0.333 e. The van der Waals surface area contributed by atoms with Gasteiger partial charge in [0.2, 0.25) is 0 Å². The molecule has 0 saturated carbocycles. The lowest BCUT2D eigenvalue weighted by atomic mass is 10.0. The maximum absolute atomic E-state index is 12.6. The minimum absolute atomic E-state index is 0.250. The normalized spacial score (nSPS) is 14.5. The number of H-pyrrole nitrogens is 1. The molecule has 1 atom stereocenters. The Morgan fingerprint density at radius 2 is 2.12 bits per heavy atom. The molecule has 1 aromatic carbocycles. The van der Waals surface area contributed by atoms with Crippen LogP contribution >= 0.6 is 0 Å². The smallest absolute Gasteiger partial charge is 0.333 e. The van der Waals surface area contributed by atoms with Crippen molar-refractivity contribution in [1.82, 2.24) is 20.8 Å². The number of hydrogen-bond donors (Lipinski definition) is 3. The summed E-state index contributed by atoms with van der Waals surface area (Å²) in [6.45, 7) is 3.42. The van der Waals surface area contributed by atoms with Crippen molar-refractivity contribution in [2.75, 3.05) is 13.2 Å². The van der Waals surface area contributed by atoms with Crippen LogP contribution in [0.25, 0.3) is 0 Å². The van der Waals surface area contributed by atoms with Crippen molar-refractivity contribution < 1.29 is 14.3 Å². The van der Waals surface area contributed by atoms with E-state index in [2.05, 4.69) is 20.8 Å². The second-order valence-corrected chi connectivity index (χ2v) is 5.53. The molecule has 0 fully saturated rings. The summed E-state index contributed by atoms with van der Waals surface area (Å²) in [4.78, 5) is 24.9. The number of aromatic nitrogens is 2. The molecular weight excluding hydrogens is 308 g/mol. The highest BCUT2D eigenvalue weighted by Gasteiger charge is 2.28. The first kappa shape index (κ1) is 16.2. The number of ether oxygens (including phenoxy) is 1. The molecular formula is C17H20N4O3. The van der Waals surface area contributed by atoms with Crippen LogP contribution in [0.4, 0.5) is 0 Å². The van der Waals surface area contributed by atoms with E-state index in [1.54, 1.807) is 19.1 Å². The van der Waals surface area contributed by atoms with Crippen molar-refractivity contribution >= 4 is 11.9 Å². The fourth-order valence-electron chi connectivity index (χ4n) is 2.76. The van der Waals surface area contributed by atoms with Crippen LogP contribution in [0.5, 0.6) is 0 Å². The number of amides is 1. The van der Waals surface area contributed by atoms with Gasteiger partial charge < -0.3 is 15.4 Å². The van der Waals surface area contributed by atoms with Gasteiger partial charge in [-0.05, 0) is 12.5 Å². The van der Waals surface area contributed by atoms with Crippen LogP contribution in [0.15, 0.2) is 30.3 Å². The molecule has 0 radical (unpaired) electrons. The summed E-state index contributed by atoms with van der Waals surface area (Å²) in [7, 11) is 0. The van der Waals surface area contributed by atoms with Gasteiger partial charge in [-0.25, -0.2) is 4.79 Å². The van der Waals surface area contributed by atoms with Crippen molar-refractivity contribution in [2.24, 2.45) is 0 Å². The molecule has 7 heteroatoms. The predicted octanol–water partition coefficient (Wildman–Crippen LogP) is 1.09. The summed E-state index contributed by atoms with van der Waals surface area (Å²) in [6, 6.07) is 8.18. The topological polar surface area (TPSA) is 96.1 Å². The van der Waals surface area contributed by atoms with Crippen molar-refractivity contribution in [1.29, 1.82) is 0 Å². The number of hydrogen-bond acceptors (Lipinski definition) is 5. The molecule has 1 aromatic heterocycles. The molecule has 1 aliphatic heterocycles. The monoisotopic (exact) mass is 328 g/mol. The zero-order chi connectivity index (χ0) is 16.9. The first-order chi connectivity index (χ1) is 11.7. The third-order valence-corrected chi connectivity index (χ3v) is 3.95. The molecule has 0 bridgehead atoms. The molecule has 1 aliphatic rings. The third-order valence-electron chi connectivity index (χ3n) is 3.95. The molecule has 3 rings (SSSR count). The Morgan fingerprint density at radius 1 is 1.33 bits per heavy atom. The van der Waals surface area contributed by atoms with Crippen LogP contribution in [-0.2, 0) is 22.5 Å². The number of fused-ring (bicyclic) bond motifs is 1. The van der Waals surface area contributed by atoms with Crippen molar-refractivity contribution in [3.63, 3.8) is 0 Å². The van der Waals surface area contributed by atoms with Crippen LogP contribution in [0, 0.1) is 0 Å². The lowest BCUT2D eigenvalue weighted by Crippen LogP contribution is -2.36. The van der Waals surface area contributed by atoms with Gasteiger partial charge in [0, 0.05) is 30.8 Å². The zero-order valence-corrected chi connectivity index (χ0v) is 13.5. The van der Waals surface area contributed by atoms with Crippen molar-refractivity contribution in [2.45, 2.75) is 25.9 Å². The second-order valence-electron chi connectivity index (χ2n) is 5.53. The highest BCUT2D eigenvalue weighted by atomic mass is 16.5. The van der Waals surface area contributed by atoms with E-state index in [1.165, 1.54) is 0 Å². The number of nitrogens with one attached hydrogen (secondary N) is 3. The van der Waals surface area contributed by atoms with Gasteiger partial charge in [0.15, 0.2) is 11.7 Å². The summed E-state index contributed by atoms with van der Waals surface area (Å²) >= 11 is 0. The quantitative estimate of drug-likeness (QED) is 0.714. The van der Waals surface area contributed by atoms with E-state index in [4.69, 9.17) is 4.74 Å². The number of nitrogens with zero attached hydrogens (tertiary/aromatic N) is 1. The lowest BCUT2D eigenvalue weighted by molar-refractivity contribution is -0.145. The van der Waals surface area contributed by atoms with Crippen LogP contribution < -0.4 is 10.6 Å². The minimum atomic E-state index is -0.859. The average Bonchev–Trinajstić information content (AvgIpc) is 3.04. The molecule has 0 aliphatic carbocycles. The Hall–Kier alpha value is -2.67. The van der Waals surface area contributed by atoms with Gasteiger partial charge in [-0.2, -0.15) is 5.10 Å². The molecule has 24 heavy (non-hydrogen) atoms. The zero-order valence-electron chi connectivity index (χ0n) is 13.5. The summed E-state index contributed by atoms with van der Waals surface area (Å²) in [5.74, 6) is -0.877. The van der Waals surface area contributed by atoms with E-state index >= 15 is 0 Å². The van der Waals surface area contributed by atoms with Gasteiger partial charge in [0.05, 0.1) is 6.61 Å². The largest absolute Gasteiger partial charge is 0.464 e. The fourth-order valence-corrected chi connectivity index (χ4v) is 2.76. The summed E-state index contributed by atoms with van der Waals surface area (Å²) in [6.07, 6.45) is 0.801. The Kier molecular flexibility index (Phi) is 4.90. The van der Waals surface area contributed by atoms with Crippen LogP contribution in [0.1, 0.15) is 40.3 Å². The number of carbonyl (C=O) groups excluding carboxylic acids is 2. The maximum atomic E-state index is 12.6. The Labute approximate surface area is 139 Å². The average molecular weight is 328 g/mol. The van der Waals surface area contributed by atoms with Gasteiger partial charge >= 0.3 is 5.97 Å². The number of esters is 1. The molecule has 0 unspecified atom stereocenters. The van der Waals surface area contributed by atoms with E-state index in [-0.39, 0.29) is 6.61 Å². The van der Waals surface area contributed by atoms with E-state index in [0.717, 1.165) is 24.2 Å². The van der Waals surface area contributed by atoms with E-state index in [0.29, 0.717) is 17.8 Å². The highest BCUT2D eigenvalue weighted by Crippen LogP contribution is 2.18. The molecule has 2 heterocycles. The number of benzene rings is 1. The van der Waals surface area contributed by atoms with Gasteiger partial charge in [-0.3, -0.25) is 9.89 Å². The van der Waals surface area contributed by atoms with Crippen LogP contribution in [-0.4, -0.2) is 35.2 Å². The van der Waals surface area contributed by atoms with Crippen LogP contribution in [0.3, 0.4) is 0 Å². The van der Waals surface area contributed by atoms with Crippen molar-refractivity contribution in [3.05, 3.63) is 52.8 Å². The number of carbonyl (C=O) groups is 2. The van der Waals surface area contributed by atoms with E-state index in [1.807, 2.05) is 18.2 Å². The summed E-state index contributed by atoms with van der Waals surface area (Å²) < 4.78 is 5.10. The predicted molar refractivity (Wildman–Crippen MR) is 87.3 cm³/mol. The van der Waals surface area contributed by atoms with Crippen molar-refractivity contribution in [3.8, 4) is 0 Å². The highest BCUT2D eigenvalue weighted by molar-refractivity contribution is 5.96. The third kappa shape index (κ3) is 3.30. The van der Waals surface area contributed by atoms with Gasteiger partial charge in [0.1, 0.15) is 0 Å². The first-order valence-electron chi connectivity index (χ1n) is 8.00. The molecule has 0 spiro atoms. The molecule has 2 aromatic rings. The SMILES string of the molecule is CCOC(=O)[C@H](NC(=O)c1n[nH]c2c1CNCC2)c1ccccc1. The Morgan fingerprint density at radius 3 is 2.88 bits per heavy atom. The minimum Gasteiger partial charge on any atom is -0.464 e. The molecule has 126 valence electrons. The molecule has 0 saturated heterocycles. The Bertz CT molecular complexity index is 727. The van der Waals surface area contributed by atoms with Gasteiger partial charge in [0.25, 0.3) is 5.91 Å². The number of rotatable bonds is 5. The fraction of sp³-hybridized carbons (Fsp3) is 0.353. The molecule has 3 N–H and O–H groups in total. The second kappa shape index (κ2) is 7.27. The van der Waals surface area contributed by atoms with Crippen LogP contribution in [0.2, 0.25) is 0 Å². The number of aromatic amines is 1. The summed E-state index contributed by atoms with van der Waals surface area (Å²) in [5.41, 5.74) is 2.81. The molecule has 1 amide bonds. The first-order valence-corrected chi connectivity index (χ1v) is 8.00. The summed E-state index contributed by atoms with van der Waals surface area (Å²) in [5, 5.41) is 13.0. The lowest BCUT2D eigenvalue weighted by Gasteiger charge is -2.18. The van der Waals surface area contributed by atoms with Gasteiger partial charge in [-0.1, -0.05) is 30.3 Å². The van der Waals surface area contributed by atoms with E-state index in [9.17, 15) is 9.59 Å². The standard InChI is InChI=1S/C17H20N4O3/c1-2-24-17(23)14(11-6-4-3-5-7-11)19-16(22)15-12-10-18-9-8-13(12)20-21-15/h3-7,14,18H,2,8-10H2,1H3,(H,19,22)(H,20,21)/t14-/m1/s1. The Balaban J connectivity index is 1.83.